The van der Waals surface area contributed by atoms with Crippen molar-refractivity contribution in [1.82, 2.24) is 15.4 Å². The third kappa shape index (κ3) is 3.41. The summed E-state index contributed by atoms with van der Waals surface area (Å²) in [4.78, 5) is 26.0. The zero-order chi connectivity index (χ0) is 16.4. The minimum absolute atomic E-state index is 0.111. The van der Waals surface area contributed by atoms with Gasteiger partial charge in [-0.25, -0.2) is 0 Å². The van der Waals surface area contributed by atoms with Crippen molar-refractivity contribution >= 4 is 11.8 Å². The Bertz CT molecular complexity index is 717. The number of carbonyl (C=O) groups is 2. The Kier molecular flexibility index (Phi) is 4.14. The summed E-state index contributed by atoms with van der Waals surface area (Å²) < 4.78 is 5.00. The SMILES string of the molecule is CNC(=O)c1ccc(CN(C(=O)c2cc(C)on2)C2CC2)cc1. The second-order valence-electron chi connectivity index (χ2n) is 5.76. The van der Waals surface area contributed by atoms with Crippen LogP contribution in [0.5, 0.6) is 0 Å². The zero-order valence-electron chi connectivity index (χ0n) is 13.2. The number of nitrogens with zero attached hydrogens (tertiary/aromatic N) is 2. The number of aromatic nitrogens is 1. The van der Waals surface area contributed by atoms with Gasteiger partial charge in [0.1, 0.15) is 5.76 Å². The number of rotatable bonds is 5. The lowest BCUT2D eigenvalue weighted by Crippen LogP contribution is -2.32. The molecule has 6 nitrogen and oxygen atoms in total. The lowest BCUT2D eigenvalue weighted by Gasteiger charge is -2.21. The van der Waals surface area contributed by atoms with Gasteiger partial charge in [-0.1, -0.05) is 17.3 Å². The van der Waals surface area contributed by atoms with Crippen molar-refractivity contribution in [3.05, 3.63) is 52.9 Å². The largest absolute Gasteiger partial charge is 0.361 e. The average Bonchev–Trinajstić information content (AvgIpc) is 3.32. The highest BCUT2D eigenvalue weighted by atomic mass is 16.5. The lowest BCUT2D eigenvalue weighted by molar-refractivity contribution is 0.0719. The molecule has 0 unspecified atom stereocenters. The molecule has 2 amide bonds. The van der Waals surface area contributed by atoms with Gasteiger partial charge in [-0.15, -0.1) is 0 Å². The molecule has 0 aliphatic heterocycles. The molecule has 1 aromatic heterocycles. The predicted molar refractivity (Wildman–Crippen MR) is 84.0 cm³/mol. The van der Waals surface area contributed by atoms with Crippen LogP contribution in [0.15, 0.2) is 34.9 Å². The first-order chi connectivity index (χ1) is 11.1. The fourth-order valence-corrected chi connectivity index (χ4v) is 2.47. The van der Waals surface area contributed by atoms with Crippen LogP contribution in [0.25, 0.3) is 0 Å². The zero-order valence-corrected chi connectivity index (χ0v) is 13.2. The van der Waals surface area contributed by atoms with Crippen LogP contribution in [-0.2, 0) is 6.54 Å². The molecule has 1 aliphatic rings. The molecule has 6 heteroatoms. The van der Waals surface area contributed by atoms with E-state index < -0.39 is 0 Å². The lowest BCUT2D eigenvalue weighted by atomic mass is 10.1. The van der Waals surface area contributed by atoms with Gasteiger partial charge in [0.15, 0.2) is 5.69 Å². The Morgan fingerprint density at radius 2 is 2.00 bits per heavy atom. The number of amides is 2. The molecule has 1 fully saturated rings. The van der Waals surface area contributed by atoms with E-state index in [4.69, 9.17) is 4.52 Å². The molecular formula is C17H19N3O3. The van der Waals surface area contributed by atoms with Crippen molar-refractivity contribution in [1.29, 1.82) is 0 Å². The Morgan fingerprint density at radius 3 is 2.52 bits per heavy atom. The van der Waals surface area contributed by atoms with Crippen LogP contribution in [0.2, 0.25) is 0 Å². The number of aryl methyl sites for hydroxylation is 1. The molecular weight excluding hydrogens is 294 g/mol. The van der Waals surface area contributed by atoms with Gasteiger partial charge in [0.25, 0.3) is 11.8 Å². The van der Waals surface area contributed by atoms with E-state index in [1.54, 1.807) is 32.2 Å². The number of nitrogens with one attached hydrogen (secondary N) is 1. The van der Waals surface area contributed by atoms with Crippen LogP contribution >= 0.6 is 0 Å². The van der Waals surface area contributed by atoms with E-state index in [1.807, 2.05) is 17.0 Å². The van der Waals surface area contributed by atoms with E-state index in [0.717, 1.165) is 18.4 Å². The molecule has 23 heavy (non-hydrogen) atoms. The standard InChI is InChI=1S/C17H19N3O3/c1-11-9-15(19-23-11)17(22)20(14-7-8-14)10-12-3-5-13(6-4-12)16(21)18-2/h3-6,9,14H,7-8,10H2,1-2H3,(H,18,21). The van der Waals surface area contributed by atoms with E-state index >= 15 is 0 Å². The third-order valence-corrected chi connectivity index (χ3v) is 3.89. The molecule has 0 saturated heterocycles. The van der Waals surface area contributed by atoms with E-state index in [1.165, 1.54) is 0 Å². The maximum atomic E-state index is 12.6. The maximum absolute atomic E-state index is 12.6. The second kappa shape index (κ2) is 6.24. The normalized spacial score (nSPS) is 13.7. The molecule has 1 saturated carbocycles. The summed E-state index contributed by atoms with van der Waals surface area (Å²) in [7, 11) is 1.60. The average molecular weight is 313 g/mol. The van der Waals surface area contributed by atoms with Gasteiger partial charge in [-0.2, -0.15) is 0 Å². The smallest absolute Gasteiger partial charge is 0.276 e. The van der Waals surface area contributed by atoms with Crippen molar-refractivity contribution in [3.63, 3.8) is 0 Å². The topological polar surface area (TPSA) is 75.4 Å². The van der Waals surface area contributed by atoms with Crippen LogP contribution in [0.3, 0.4) is 0 Å². The van der Waals surface area contributed by atoms with Crippen LogP contribution < -0.4 is 5.32 Å². The van der Waals surface area contributed by atoms with E-state index in [-0.39, 0.29) is 17.9 Å². The van der Waals surface area contributed by atoms with E-state index in [2.05, 4.69) is 10.5 Å². The summed E-state index contributed by atoms with van der Waals surface area (Å²) in [5.41, 5.74) is 1.93. The monoisotopic (exact) mass is 313 g/mol. The Balaban J connectivity index is 1.75. The predicted octanol–water partition coefficient (Wildman–Crippen LogP) is 2.15. The van der Waals surface area contributed by atoms with Crippen LogP contribution in [0.4, 0.5) is 0 Å². The molecule has 2 aromatic rings. The summed E-state index contributed by atoms with van der Waals surface area (Å²) in [5, 5.41) is 6.41. The highest BCUT2D eigenvalue weighted by Gasteiger charge is 2.34. The quantitative estimate of drug-likeness (QED) is 0.917. The van der Waals surface area contributed by atoms with Crippen LogP contribution in [0, 0.1) is 6.92 Å². The molecule has 1 heterocycles. The number of benzene rings is 1. The fourth-order valence-electron chi connectivity index (χ4n) is 2.47. The van der Waals surface area contributed by atoms with Crippen molar-refractivity contribution in [2.75, 3.05) is 7.05 Å². The van der Waals surface area contributed by atoms with Crippen molar-refractivity contribution in [2.45, 2.75) is 32.4 Å². The maximum Gasteiger partial charge on any atom is 0.276 e. The molecule has 120 valence electrons. The van der Waals surface area contributed by atoms with Gasteiger partial charge in [0.05, 0.1) is 0 Å². The van der Waals surface area contributed by atoms with Crippen molar-refractivity contribution in [2.24, 2.45) is 0 Å². The number of carbonyl (C=O) groups excluding carboxylic acids is 2. The molecule has 0 bridgehead atoms. The first-order valence-electron chi connectivity index (χ1n) is 7.64. The van der Waals surface area contributed by atoms with Gasteiger partial charge in [-0.05, 0) is 37.5 Å². The number of hydrogen-bond acceptors (Lipinski definition) is 4. The summed E-state index contributed by atoms with van der Waals surface area (Å²) in [5.74, 6) is 0.392. The van der Waals surface area contributed by atoms with Gasteiger partial charge in [-0.3, -0.25) is 9.59 Å². The van der Waals surface area contributed by atoms with Gasteiger partial charge in [0.2, 0.25) is 0 Å². The minimum Gasteiger partial charge on any atom is -0.361 e. The Labute approximate surface area is 134 Å². The summed E-state index contributed by atoms with van der Waals surface area (Å²) >= 11 is 0. The summed E-state index contributed by atoms with van der Waals surface area (Å²) in [6, 6.07) is 9.21. The first-order valence-corrected chi connectivity index (χ1v) is 7.64. The molecule has 1 aliphatic carbocycles. The molecule has 0 spiro atoms. The molecule has 1 N–H and O–H groups in total. The van der Waals surface area contributed by atoms with E-state index in [9.17, 15) is 9.59 Å². The summed E-state index contributed by atoms with van der Waals surface area (Å²) in [6.07, 6.45) is 2.03. The highest BCUT2D eigenvalue weighted by Crippen LogP contribution is 2.29. The third-order valence-electron chi connectivity index (χ3n) is 3.89. The minimum atomic E-state index is -0.121. The van der Waals surface area contributed by atoms with Gasteiger partial charge in [0, 0.05) is 31.3 Å². The van der Waals surface area contributed by atoms with Crippen molar-refractivity contribution < 1.29 is 14.1 Å². The second-order valence-corrected chi connectivity index (χ2v) is 5.76. The fraction of sp³-hybridized carbons (Fsp3) is 0.353. The first kappa shape index (κ1) is 15.3. The van der Waals surface area contributed by atoms with Gasteiger partial charge < -0.3 is 14.7 Å². The highest BCUT2D eigenvalue weighted by molar-refractivity contribution is 5.94. The van der Waals surface area contributed by atoms with Crippen LogP contribution in [-0.4, -0.2) is 35.0 Å². The Hall–Kier alpha value is -2.63. The molecule has 0 radical (unpaired) electrons. The molecule has 0 atom stereocenters. The number of hydrogen-bond donors (Lipinski definition) is 1. The summed E-state index contributed by atoms with van der Waals surface area (Å²) in [6.45, 7) is 2.27. The van der Waals surface area contributed by atoms with Crippen molar-refractivity contribution in [3.8, 4) is 0 Å². The van der Waals surface area contributed by atoms with E-state index in [0.29, 0.717) is 23.6 Å². The Morgan fingerprint density at radius 1 is 1.30 bits per heavy atom. The van der Waals surface area contributed by atoms with Crippen LogP contribution in [0.1, 0.15) is 45.0 Å². The van der Waals surface area contributed by atoms with Gasteiger partial charge >= 0.3 is 0 Å². The molecule has 1 aromatic carbocycles. The molecule has 3 rings (SSSR count).